The summed E-state index contributed by atoms with van der Waals surface area (Å²) in [4.78, 5) is 18.1. The minimum Gasteiger partial charge on any atom is -0.436 e. The Balaban J connectivity index is 1.32. The fraction of sp³-hybridized carbons (Fsp3) is 0.156. The average Bonchev–Trinajstić information content (AvgIpc) is 3.38. The number of benzene rings is 4. The molecule has 0 saturated heterocycles. The van der Waals surface area contributed by atoms with E-state index in [1.807, 2.05) is 91.0 Å². The minimum absolute atomic E-state index is 0.202. The maximum atomic E-state index is 13.4. The number of amides is 1. The Labute approximate surface area is 227 Å². The number of thiocarbonyl (C=S) groups is 1. The summed E-state index contributed by atoms with van der Waals surface area (Å²) in [5.41, 5.74) is 6.18. The predicted octanol–water partition coefficient (Wildman–Crippen LogP) is 7.65. The Kier molecular flexibility index (Phi) is 7.61. The van der Waals surface area contributed by atoms with Crippen LogP contribution < -0.4 is 10.6 Å². The van der Waals surface area contributed by atoms with Gasteiger partial charge in [0, 0.05) is 11.3 Å². The third-order valence-electron chi connectivity index (χ3n) is 6.73. The van der Waals surface area contributed by atoms with Crippen LogP contribution in [0.15, 0.2) is 108 Å². The first-order valence-corrected chi connectivity index (χ1v) is 13.2. The lowest BCUT2D eigenvalue weighted by atomic mass is 9.90. The molecule has 5 rings (SSSR count). The van der Waals surface area contributed by atoms with Crippen LogP contribution in [0.5, 0.6) is 0 Å². The van der Waals surface area contributed by atoms with Gasteiger partial charge in [0.05, 0.1) is 5.92 Å². The van der Waals surface area contributed by atoms with Crippen molar-refractivity contribution < 1.29 is 9.21 Å². The van der Waals surface area contributed by atoms with Gasteiger partial charge in [-0.2, -0.15) is 0 Å². The van der Waals surface area contributed by atoms with Crippen LogP contribution in [0, 0.1) is 0 Å². The van der Waals surface area contributed by atoms with E-state index in [1.54, 1.807) is 0 Å². The summed E-state index contributed by atoms with van der Waals surface area (Å²) in [6, 6.07) is 33.2. The van der Waals surface area contributed by atoms with E-state index >= 15 is 0 Å². The highest BCUT2D eigenvalue weighted by Crippen LogP contribution is 2.29. The maximum absolute atomic E-state index is 13.4. The van der Waals surface area contributed by atoms with E-state index in [0.717, 1.165) is 39.9 Å². The molecule has 0 saturated carbocycles. The third kappa shape index (κ3) is 5.66. The van der Waals surface area contributed by atoms with Gasteiger partial charge in [-0.3, -0.25) is 4.79 Å². The Morgan fingerprint density at radius 1 is 0.868 bits per heavy atom. The zero-order chi connectivity index (χ0) is 26.5. The van der Waals surface area contributed by atoms with Crippen LogP contribution in [0.1, 0.15) is 48.8 Å². The zero-order valence-electron chi connectivity index (χ0n) is 21.3. The highest BCUT2D eigenvalue weighted by atomic mass is 32.1. The molecule has 0 unspecified atom stereocenters. The molecule has 1 heterocycles. The molecule has 0 spiro atoms. The fourth-order valence-electron chi connectivity index (χ4n) is 4.47. The second-order valence-electron chi connectivity index (χ2n) is 9.33. The summed E-state index contributed by atoms with van der Waals surface area (Å²) in [7, 11) is 0. The number of nitrogens with zero attached hydrogens (tertiary/aromatic N) is 1. The van der Waals surface area contributed by atoms with E-state index in [0.29, 0.717) is 11.8 Å². The van der Waals surface area contributed by atoms with E-state index in [1.165, 1.54) is 5.56 Å². The summed E-state index contributed by atoms with van der Waals surface area (Å²) in [5.74, 6) is 0.315. The highest BCUT2D eigenvalue weighted by Gasteiger charge is 2.23. The number of hydrogen-bond acceptors (Lipinski definition) is 4. The second kappa shape index (κ2) is 11.4. The highest BCUT2D eigenvalue weighted by molar-refractivity contribution is 7.80. The molecule has 5 nitrogen and oxygen atoms in total. The monoisotopic (exact) mass is 519 g/mol. The number of aromatic nitrogens is 1. The topological polar surface area (TPSA) is 67.2 Å². The standard InChI is InChI=1S/C32H29N3O2S/c1-3-21(2)24-17-18-28-27(20-24)34-31(37-28)25-15-10-16-26(19-25)33-32(38)35-30(36)29(22-11-6-4-7-12-22)23-13-8-5-9-14-23/h4-21,29H,3H2,1-2H3,(H2,33,35,36,38)/t21-/m1/s1. The number of oxazole rings is 1. The summed E-state index contributed by atoms with van der Waals surface area (Å²) in [5, 5.41) is 6.23. The summed E-state index contributed by atoms with van der Waals surface area (Å²) in [6.45, 7) is 4.39. The maximum Gasteiger partial charge on any atom is 0.238 e. The average molecular weight is 520 g/mol. The van der Waals surface area contributed by atoms with E-state index < -0.39 is 5.92 Å². The van der Waals surface area contributed by atoms with Crippen LogP contribution in [0.2, 0.25) is 0 Å². The van der Waals surface area contributed by atoms with Gasteiger partial charge in [0.1, 0.15) is 5.52 Å². The van der Waals surface area contributed by atoms with Crippen LogP contribution >= 0.6 is 12.2 Å². The van der Waals surface area contributed by atoms with Crippen molar-refractivity contribution in [2.75, 3.05) is 5.32 Å². The van der Waals surface area contributed by atoms with Crippen molar-refractivity contribution in [1.82, 2.24) is 10.3 Å². The zero-order valence-corrected chi connectivity index (χ0v) is 22.2. The number of carbonyl (C=O) groups excluding carboxylic acids is 1. The number of rotatable bonds is 7. The van der Waals surface area contributed by atoms with Crippen molar-refractivity contribution in [2.24, 2.45) is 0 Å². The smallest absolute Gasteiger partial charge is 0.238 e. The van der Waals surface area contributed by atoms with E-state index in [4.69, 9.17) is 21.6 Å². The molecule has 0 aliphatic rings. The lowest BCUT2D eigenvalue weighted by molar-refractivity contribution is -0.120. The SMILES string of the molecule is CC[C@@H](C)c1ccc2oc(-c3cccc(NC(=S)NC(=O)C(c4ccccc4)c4ccccc4)c3)nc2c1. The van der Waals surface area contributed by atoms with Crippen LogP contribution in [0.25, 0.3) is 22.6 Å². The van der Waals surface area contributed by atoms with Gasteiger partial charge in [-0.05, 0) is 71.6 Å². The molecule has 0 fully saturated rings. The van der Waals surface area contributed by atoms with Crippen LogP contribution in [-0.4, -0.2) is 16.0 Å². The largest absolute Gasteiger partial charge is 0.436 e. The molecule has 6 heteroatoms. The molecule has 1 amide bonds. The summed E-state index contributed by atoms with van der Waals surface area (Å²) >= 11 is 5.51. The summed E-state index contributed by atoms with van der Waals surface area (Å²) in [6.07, 6.45) is 1.07. The number of hydrogen-bond donors (Lipinski definition) is 2. The quantitative estimate of drug-likeness (QED) is 0.216. The predicted molar refractivity (Wildman–Crippen MR) is 157 cm³/mol. The normalized spacial score (nSPS) is 11.9. The van der Waals surface area contributed by atoms with Gasteiger partial charge in [0.25, 0.3) is 0 Å². The van der Waals surface area contributed by atoms with Gasteiger partial charge in [-0.15, -0.1) is 0 Å². The van der Waals surface area contributed by atoms with Crippen molar-refractivity contribution >= 4 is 40.0 Å². The van der Waals surface area contributed by atoms with E-state index in [2.05, 4.69) is 36.6 Å². The molecule has 38 heavy (non-hydrogen) atoms. The first-order valence-electron chi connectivity index (χ1n) is 12.7. The van der Waals surface area contributed by atoms with Gasteiger partial charge in [0.2, 0.25) is 11.8 Å². The van der Waals surface area contributed by atoms with Crippen molar-refractivity contribution in [1.29, 1.82) is 0 Å². The van der Waals surface area contributed by atoms with Crippen LogP contribution in [0.3, 0.4) is 0 Å². The molecule has 1 aromatic heterocycles. The molecule has 190 valence electrons. The fourth-order valence-corrected chi connectivity index (χ4v) is 4.69. The lowest BCUT2D eigenvalue weighted by Gasteiger charge is -2.18. The first-order chi connectivity index (χ1) is 18.5. The summed E-state index contributed by atoms with van der Waals surface area (Å²) < 4.78 is 6.03. The molecule has 4 aromatic carbocycles. The Hall–Kier alpha value is -4.29. The first kappa shape index (κ1) is 25.4. The molecular weight excluding hydrogens is 490 g/mol. The molecule has 0 radical (unpaired) electrons. The molecular formula is C32H29N3O2S. The molecule has 0 bridgehead atoms. The van der Waals surface area contributed by atoms with Gasteiger partial charge in [-0.25, -0.2) is 4.98 Å². The van der Waals surface area contributed by atoms with Gasteiger partial charge in [-0.1, -0.05) is 86.6 Å². The van der Waals surface area contributed by atoms with Crippen molar-refractivity contribution in [3.63, 3.8) is 0 Å². The molecule has 5 aromatic rings. The number of carbonyl (C=O) groups is 1. The molecule has 1 atom stereocenters. The van der Waals surface area contributed by atoms with E-state index in [-0.39, 0.29) is 11.0 Å². The van der Waals surface area contributed by atoms with Gasteiger partial charge < -0.3 is 15.1 Å². The Morgan fingerprint density at radius 3 is 2.21 bits per heavy atom. The van der Waals surface area contributed by atoms with Crippen molar-refractivity contribution in [3.8, 4) is 11.5 Å². The molecule has 0 aliphatic heterocycles. The second-order valence-corrected chi connectivity index (χ2v) is 9.74. The van der Waals surface area contributed by atoms with Gasteiger partial charge >= 0.3 is 0 Å². The molecule has 0 aliphatic carbocycles. The Bertz CT molecular complexity index is 1520. The number of nitrogens with one attached hydrogen (secondary N) is 2. The van der Waals surface area contributed by atoms with Crippen LogP contribution in [0.4, 0.5) is 5.69 Å². The number of anilines is 1. The molecule has 2 N–H and O–H groups in total. The number of fused-ring (bicyclic) bond motifs is 1. The van der Waals surface area contributed by atoms with Crippen molar-refractivity contribution in [3.05, 3.63) is 120 Å². The minimum atomic E-state index is -0.483. The Morgan fingerprint density at radius 2 is 1.55 bits per heavy atom. The van der Waals surface area contributed by atoms with Crippen LogP contribution in [-0.2, 0) is 4.79 Å². The van der Waals surface area contributed by atoms with Crippen molar-refractivity contribution in [2.45, 2.75) is 32.1 Å². The third-order valence-corrected chi connectivity index (χ3v) is 6.93. The van der Waals surface area contributed by atoms with E-state index in [9.17, 15) is 4.79 Å². The lowest BCUT2D eigenvalue weighted by Crippen LogP contribution is -2.37. The van der Waals surface area contributed by atoms with Gasteiger partial charge in [0.15, 0.2) is 10.7 Å².